The zero-order valence-corrected chi connectivity index (χ0v) is 17.6. The summed E-state index contributed by atoms with van der Waals surface area (Å²) in [6.07, 6.45) is 3.18. The van der Waals surface area contributed by atoms with Crippen molar-refractivity contribution >= 4 is 0 Å². The summed E-state index contributed by atoms with van der Waals surface area (Å²) in [4.78, 5) is 2.44. The van der Waals surface area contributed by atoms with Gasteiger partial charge in [-0.25, -0.2) is 4.68 Å². The van der Waals surface area contributed by atoms with Crippen LogP contribution in [-0.2, 0) is 17.6 Å². The third-order valence-electron chi connectivity index (χ3n) is 6.17. The van der Waals surface area contributed by atoms with Crippen molar-refractivity contribution in [2.24, 2.45) is 0 Å². The second kappa shape index (κ2) is 8.62. The predicted molar refractivity (Wildman–Crippen MR) is 119 cm³/mol. The molecular formula is C25H29N3O2. The van der Waals surface area contributed by atoms with E-state index in [0.717, 1.165) is 75.8 Å². The number of aryl methyl sites for hydroxylation is 2. The molecule has 5 nitrogen and oxygen atoms in total. The minimum Gasteiger partial charge on any atom is -0.494 e. The first kappa shape index (κ1) is 19.3. The van der Waals surface area contributed by atoms with Gasteiger partial charge in [0.2, 0.25) is 0 Å². The SMILES string of the molecule is Cc1nn(-c2ccc(OCCCN3CCOCC3)cc2)c2c1CCc1ccccc1-2. The van der Waals surface area contributed by atoms with Crippen LogP contribution in [0.15, 0.2) is 48.5 Å². The number of benzene rings is 2. The molecule has 156 valence electrons. The minimum atomic E-state index is 0.736. The van der Waals surface area contributed by atoms with Gasteiger partial charge >= 0.3 is 0 Å². The lowest BCUT2D eigenvalue weighted by Crippen LogP contribution is -2.37. The zero-order chi connectivity index (χ0) is 20.3. The van der Waals surface area contributed by atoms with Gasteiger partial charge in [-0.2, -0.15) is 5.10 Å². The van der Waals surface area contributed by atoms with Crippen LogP contribution in [0.4, 0.5) is 0 Å². The van der Waals surface area contributed by atoms with Gasteiger partial charge in [0.05, 0.1) is 36.9 Å². The molecule has 1 aliphatic heterocycles. The van der Waals surface area contributed by atoms with Crippen LogP contribution < -0.4 is 4.74 Å². The second-order valence-corrected chi connectivity index (χ2v) is 8.13. The lowest BCUT2D eigenvalue weighted by Gasteiger charge is -2.26. The zero-order valence-electron chi connectivity index (χ0n) is 17.6. The highest BCUT2D eigenvalue weighted by atomic mass is 16.5. The van der Waals surface area contributed by atoms with Crippen LogP contribution in [0.1, 0.15) is 23.2 Å². The molecule has 1 aliphatic carbocycles. The van der Waals surface area contributed by atoms with E-state index in [2.05, 4.69) is 65.0 Å². The maximum atomic E-state index is 5.97. The molecule has 0 radical (unpaired) electrons. The van der Waals surface area contributed by atoms with Crippen molar-refractivity contribution in [1.29, 1.82) is 0 Å². The number of ether oxygens (including phenoxy) is 2. The third-order valence-corrected chi connectivity index (χ3v) is 6.17. The quantitative estimate of drug-likeness (QED) is 0.582. The molecule has 0 bridgehead atoms. The molecule has 0 unspecified atom stereocenters. The van der Waals surface area contributed by atoms with Crippen molar-refractivity contribution in [2.45, 2.75) is 26.2 Å². The fourth-order valence-electron chi connectivity index (χ4n) is 4.54. The van der Waals surface area contributed by atoms with Gasteiger partial charge in [-0.15, -0.1) is 0 Å². The summed E-state index contributed by atoms with van der Waals surface area (Å²) >= 11 is 0. The molecular weight excluding hydrogens is 374 g/mol. The first-order chi connectivity index (χ1) is 14.8. The fraction of sp³-hybridized carbons (Fsp3) is 0.400. The predicted octanol–water partition coefficient (Wildman–Crippen LogP) is 4.05. The van der Waals surface area contributed by atoms with Gasteiger partial charge < -0.3 is 9.47 Å². The lowest BCUT2D eigenvalue weighted by molar-refractivity contribution is 0.0358. The van der Waals surface area contributed by atoms with Crippen molar-refractivity contribution in [2.75, 3.05) is 39.5 Å². The van der Waals surface area contributed by atoms with E-state index in [1.165, 1.54) is 22.4 Å². The average Bonchev–Trinajstić information content (AvgIpc) is 3.15. The minimum absolute atomic E-state index is 0.736. The lowest BCUT2D eigenvalue weighted by atomic mass is 9.89. The fourth-order valence-corrected chi connectivity index (χ4v) is 4.54. The Morgan fingerprint density at radius 3 is 2.63 bits per heavy atom. The molecule has 2 aromatic carbocycles. The Labute approximate surface area is 178 Å². The summed E-state index contributed by atoms with van der Waals surface area (Å²) in [5.41, 5.74) is 7.54. The largest absolute Gasteiger partial charge is 0.494 e. The number of fused-ring (bicyclic) bond motifs is 3. The highest BCUT2D eigenvalue weighted by Gasteiger charge is 2.23. The molecule has 1 aromatic heterocycles. The van der Waals surface area contributed by atoms with Gasteiger partial charge in [-0.1, -0.05) is 24.3 Å². The molecule has 1 saturated heterocycles. The number of nitrogens with zero attached hydrogens (tertiary/aromatic N) is 3. The van der Waals surface area contributed by atoms with Gasteiger partial charge in [0, 0.05) is 30.8 Å². The smallest absolute Gasteiger partial charge is 0.119 e. The number of aromatic nitrogens is 2. The Kier molecular flexibility index (Phi) is 5.56. The van der Waals surface area contributed by atoms with Gasteiger partial charge in [0.25, 0.3) is 0 Å². The highest BCUT2D eigenvalue weighted by molar-refractivity contribution is 5.72. The van der Waals surface area contributed by atoms with Crippen molar-refractivity contribution < 1.29 is 9.47 Å². The van der Waals surface area contributed by atoms with E-state index >= 15 is 0 Å². The van der Waals surface area contributed by atoms with E-state index in [4.69, 9.17) is 14.6 Å². The van der Waals surface area contributed by atoms with E-state index in [9.17, 15) is 0 Å². The Hall–Kier alpha value is -2.63. The van der Waals surface area contributed by atoms with Crippen molar-refractivity contribution in [3.63, 3.8) is 0 Å². The second-order valence-electron chi connectivity index (χ2n) is 8.13. The summed E-state index contributed by atoms with van der Waals surface area (Å²) in [7, 11) is 0. The molecule has 5 rings (SSSR count). The van der Waals surface area contributed by atoms with Crippen molar-refractivity contribution in [3.8, 4) is 22.7 Å². The topological polar surface area (TPSA) is 39.5 Å². The normalized spacial score (nSPS) is 16.2. The first-order valence-electron chi connectivity index (χ1n) is 11.0. The van der Waals surface area contributed by atoms with Crippen LogP contribution in [0.5, 0.6) is 5.75 Å². The number of hydrogen-bond acceptors (Lipinski definition) is 4. The molecule has 30 heavy (non-hydrogen) atoms. The van der Waals surface area contributed by atoms with Gasteiger partial charge in [0.15, 0.2) is 0 Å². The molecule has 2 aliphatic rings. The summed E-state index contributed by atoms with van der Waals surface area (Å²) < 4.78 is 13.5. The van der Waals surface area contributed by atoms with Crippen LogP contribution in [0.2, 0.25) is 0 Å². The number of hydrogen-bond donors (Lipinski definition) is 0. The molecule has 1 fully saturated rings. The van der Waals surface area contributed by atoms with Crippen LogP contribution in [0, 0.1) is 6.92 Å². The Morgan fingerprint density at radius 1 is 1.00 bits per heavy atom. The van der Waals surface area contributed by atoms with E-state index < -0.39 is 0 Å². The number of rotatable bonds is 6. The first-order valence-corrected chi connectivity index (χ1v) is 11.0. The molecule has 0 spiro atoms. The molecule has 5 heteroatoms. The van der Waals surface area contributed by atoms with E-state index in [1.54, 1.807) is 0 Å². The number of morpholine rings is 1. The maximum absolute atomic E-state index is 5.97. The van der Waals surface area contributed by atoms with Crippen LogP contribution in [-0.4, -0.2) is 54.1 Å². The van der Waals surface area contributed by atoms with Gasteiger partial charge in [-0.05, 0) is 56.0 Å². The van der Waals surface area contributed by atoms with E-state index in [0.29, 0.717) is 0 Å². The van der Waals surface area contributed by atoms with Crippen molar-refractivity contribution in [1.82, 2.24) is 14.7 Å². The van der Waals surface area contributed by atoms with E-state index in [1.807, 2.05) is 0 Å². The molecule has 0 N–H and O–H groups in total. The third kappa shape index (κ3) is 3.87. The molecule has 0 amide bonds. The van der Waals surface area contributed by atoms with Crippen LogP contribution >= 0.6 is 0 Å². The van der Waals surface area contributed by atoms with Gasteiger partial charge in [-0.3, -0.25) is 4.90 Å². The maximum Gasteiger partial charge on any atom is 0.119 e. The Balaban J connectivity index is 1.28. The summed E-state index contributed by atoms with van der Waals surface area (Å²) in [5.74, 6) is 0.916. The van der Waals surface area contributed by atoms with Crippen LogP contribution in [0.3, 0.4) is 0 Å². The van der Waals surface area contributed by atoms with E-state index in [-0.39, 0.29) is 0 Å². The summed E-state index contributed by atoms with van der Waals surface area (Å²) in [5, 5.41) is 4.88. The monoisotopic (exact) mass is 403 g/mol. The molecule has 0 saturated carbocycles. The van der Waals surface area contributed by atoms with Gasteiger partial charge in [0.1, 0.15) is 5.75 Å². The van der Waals surface area contributed by atoms with Crippen LogP contribution in [0.25, 0.3) is 16.9 Å². The van der Waals surface area contributed by atoms with Crippen molar-refractivity contribution in [3.05, 3.63) is 65.4 Å². The Bertz CT molecular complexity index is 1000. The molecule has 2 heterocycles. The standard InChI is InChI=1S/C25H29N3O2/c1-19-23-12-7-20-5-2-3-6-24(20)25(23)28(26-19)21-8-10-22(11-9-21)30-16-4-13-27-14-17-29-18-15-27/h2-3,5-6,8-11H,4,7,12-18H2,1H3. The molecule has 0 atom stereocenters. The summed E-state index contributed by atoms with van der Waals surface area (Å²) in [6.45, 7) is 7.69. The summed E-state index contributed by atoms with van der Waals surface area (Å²) in [6, 6.07) is 17.0. The highest BCUT2D eigenvalue weighted by Crippen LogP contribution is 2.36. The average molecular weight is 404 g/mol. The molecule has 3 aromatic rings. The Morgan fingerprint density at radius 2 is 1.80 bits per heavy atom.